The number of nitrogens with two attached hydrogens (primary N) is 1. The van der Waals surface area contributed by atoms with Crippen molar-refractivity contribution in [3.8, 4) is 0 Å². The minimum atomic E-state index is -3.46. The van der Waals surface area contributed by atoms with Crippen molar-refractivity contribution in [1.29, 1.82) is 0 Å². The maximum Gasteiger partial charge on any atom is 0.244 e. The Morgan fingerprint density at radius 3 is 2.86 bits per heavy atom. The van der Waals surface area contributed by atoms with Crippen molar-refractivity contribution in [2.45, 2.75) is 31.2 Å². The molecule has 4 nitrogen and oxygen atoms in total. The van der Waals surface area contributed by atoms with Crippen LogP contribution in [0.1, 0.15) is 24.6 Å². The largest absolute Gasteiger partial charge is 0.326 e. The molecule has 21 heavy (non-hydrogen) atoms. The van der Waals surface area contributed by atoms with Crippen LogP contribution in [-0.2, 0) is 16.6 Å². The zero-order valence-corrected chi connectivity index (χ0v) is 13.7. The Kier molecular flexibility index (Phi) is 4.05. The molecule has 1 aromatic heterocycles. The molecule has 1 atom stereocenters. The maximum absolute atomic E-state index is 13.1. The third-order valence-corrected chi connectivity index (χ3v) is 7.34. The van der Waals surface area contributed by atoms with E-state index in [0.29, 0.717) is 23.9 Å². The molecule has 2 heterocycles. The van der Waals surface area contributed by atoms with Crippen LogP contribution in [0.3, 0.4) is 0 Å². The van der Waals surface area contributed by atoms with E-state index in [1.807, 2.05) is 24.3 Å². The first-order valence-corrected chi connectivity index (χ1v) is 9.50. The Morgan fingerprint density at radius 2 is 2.14 bits per heavy atom. The standard InChI is InChI=1S/C15H20N2O2S2/c1-11-5-4-8-17(10-11)21(18,19)15-12-6-2-3-7-13(12)20-14(15)9-16/h2-3,6-7,11H,4-5,8-10,16H2,1H3. The molecule has 2 N–H and O–H groups in total. The molecule has 0 radical (unpaired) electrons. The van der Waals surface area contributed by atoms with Crippen molar-refractivity contribution in [2.75, 3.05) is 13.1 Å². The van der Waals surface area contributed by atoms with E-state index < -0.39 is 10.0 Å². The first-order chi connectivity index (χ1) is 10.0. The van der Waals surface area contributed by atoms with Crippen molar-refractivity contribution in [1.82, 2.24) is 4.31 Å². The normalized spacial score (nSPS) is 21.0. The molecule has 2 aromatic rings. The smallest absolute Gasteiger partial charge is 0.244 e. The number of sulfonamides is 1. The summed E-state index contributed by atoms with van der Waals surface area (Å²) in [5.41, 5.74) is 5.80. The Balaban J connectivity index is 2.14. The highest BCUT2D eigenvalue weighted by atomic mass is 32.2. The summed E-state index contributed by atoms with van der Waals surface area (Å²) < 4.78 is 28.8. The molecule has 0 amide bonds. The molecule has 1 aliphatic heterocycles. The highest BCUT2D eigenvalue weighted by Crippen LogP contribution is 2.37. The van der Waals surface area contributed by atoms with E-state index in [1.165, 1.54) is 11.3 Å². The maximum atomic E-state index is 13.1. The first-order valence-electron chi connectivity index (χ1n) is 7.24. The molecule has 114 valence electrons. The lowest BCUT2D eigenvalue weighted by Crippen LogP contribution is -2.39. The van der Waals surface area contributed by atoms with Crippen LogP contribution < -0.4 is 5.73 Å². The van der Waals surface area contributed by atoms with Crippen LogP contribution in [0.15, 0.2) is 29.2 Å². The summed E-state index contributed by atoms with van der Waals surface area (Å²) >= 11 is 1.48. The summed E-state index contributed by atoms with van der Waals surface area (Å²) in [5.74, 6) is 0.416. The molecule has 1 aliphatic rings. The van der Waals surface area contributed by atoms with Gasteiger partial charge in [0, 0.05) is 34.6 Å². The number of benzene rings is 1. The van der Waals surface area contributed by atoms with Crippen molar-refractivity contribution in [3.05, 3.63) is 29.1 Å². The van der Waals surface area contributed by atoms with E-state index in [-0.39, 0.29) is 6.54 Å². The van der Waals surface area contributed by atoms with Gasteiger partial charge in [-0.15, -0.1) is 11.3 Å². The summed E-state index contributed by atoms with van der Waals surface area (Å²) in [4.78, 5) is 1.19. The Morgan fingerprint density at radius 1 is 1.38 bits per heavy atom. The van der Waals surface area contributed by atoms with Gasteiger partial charge in [-0.25, -0.2) is 8.42 Å². The third kappa shape index (κ3) is 2.61. The van der Waals surface area contributed by atoms with Crippen molar-refractivity contribution < 1.29 is 8.42 Å². The Labute approximate surface area is 129 Å². The fourth-order valence-electron chi connectivity index (χ4n) is 2.98. The van der Waals surface area contributed by atoms with E-state index in [1.54, 1.807) is 4.31 Å². The molecule has 6 heteroatoms. The molecule has 1 fully saturated rings. The summed E-state index contributed by atoms with van der Waals surface area (Å²) in [6.07, 6.45) is 2.03. The number of nitrogens with zero attached hydrogens (tertiary/aromatic N) is 1. The number of rotatable bonds is 3. The highest BCUT2D eigenvalue weighted by Gasteiger charge is 2.32. The van der Waals surface area contributed by atoms with Crippen molar-refractivity contribution >= 4 is 31.4 Å². The second-order valence-corrected chi connectivity index (χ2v) is 8.68. The van der Waals surface area contributed by atoms with E-state index in [4.69, 9.17) is 5.73 Å². The van der Waals surface area contributed by atoms with Crippen molar-refractivity contribution in [2.24, 2.45) is 11.7 Å². The quantitative estimate of drug-likeness (QED) is 0.944. The van der Waals surface area contributed by atoms with Gasteiger partial charge in [-0.2, -0.15) is 4.31 Å². The van der Waals surface area contributed by atoms with Crippen LogP contribution >= 0.6 is 11.3 Å². The zero-order chi connectivity index (χ0) is 15.0. The van der Waals surface area contributed by atoms with Gasteiger partial charge in [0.2, 0.25) is 10.0 Å². The van der Waals surface area contributed by atoms with E-state index >= 15 is 0 Å². The Bertz CT molecular complexity index is 752. The topological polar surface area (TPSA) is 63.4 Å². The van der Waals surface area contributed by atoms with Crippen LogP contribution in [0, 0.1) is 5.92 Å². The number of thiophene rings is 1. The highest BCUT2D eigenvalue weighted by molar-refractivity contribution is 7.89. The molecular formula is C15H20N2O2S2. The molecule has 0 aliphatic carbocycles. The van der Waals surface area contributed by atoms with Crippen molar-refractivity contribution in [3.63, 3.8) is 0 Å². The molecule has 1 aromatic carbocycles. The van der Waals surface area contributed by atoms with Gasteiger partial charge in [0.1, 0.15) is 4.90 Å². The van der Waals surface area contributed by atoms with Gasteiger partial charge in [0.25, 0.3) is 0 Å². The number of hydrogen-bond acceptors (Lipinski definition) is 4. The van der Waals surface area contributed by atoms with E-state index in [0.717, 1.165) is 27.8 Å². The average molecular weight is 324 g/mol. The summed E-state index contributed by atoms with van der Waals surface area (Å²) in [6, 6.07) is 7.65. The molecule has 1 saturated heterocycles. The summed E-state index contributed by atoms with van der Waals surface area (Å²) in [7, 11) is -3.46. The van der Waals surface area contributed by atoms with Crippen LogP contribution in [0.2, 0.25) is 0 Å². The van der Waals surface area contributed by atoms with Gasteiger partial charge in [-0.3, -0.25) is 0 Å². The molecule has 1 unspecified atom stereocenters. The van der Waals surface area contributed by atoms with Crippen LogP contribution in [0.5, 0.6) is 0 Å². The predicted molar refractivity (Wildman–Crippen MR) is 86.9 cm³/mol. The number of piperidine rings is 1. The fourth-order valence-corrected chi connectivity index (χ4v) is 6.37. The third-order valence-electron chi connectivity index (χ3n) is 4.02. The number of fused-ring (bicyclic) bond motifs is 1. The van der Waals surface area contributed by atoms with Crippen LogP contribution in [0.4, 0.5) is 0 Å². The molecule has 3 rings (SSSR count). The second kappa shape index (κ2) is 5.68. The predicted octanol–water partition coefficient (Wildman–Crippen LogP) is 2.78. The minimum Gasteiger partial charge on any atom is -0.326 e. The van der Waals surface area contributed by atoms with Gasteiger partial charge < -0.3 is 5.73 Å². The lowest BCUT2D eigenvalue weighted by molar-refractivity contribution is 0.281. The first kappa shape index (κ1) is 15.0. The SMILES string of the molecule is CC1CCCN(S(=O)(=O)c2c(CN)sc3ccccc23)C1. The zero-order valence-electron chi connectivity index (χ0n) is 12.1. The summed E-state index contributed by atoms with van der Waals surface area (Å²) in [6.45, 7) is 3.59. The van der Waals surface area contributed by atoms with Gasteiger partial charge in [0.05, 0.1) is 0 Å². The molecular weight excluding hydrogens is 304 g/mol. The average Bonchev–Trinajstić information content (AvgIpc) is 2.86. The number of hydrogen-bond donors (Lipinski definition) is 1. The van der Waals surface area contributed by atoms with Gasteiger partial charge >= 0.3 is 0 Å². The van der Waals surface area contributed by atoms with E-state index in [2.05, 4.69) is 6.92 Å². The van der Waals surface area contributed by atoms with Gasteiger partial charge in [-0.1, -0.05) is 25.1 Å². The molecule has 0 bridgehead atoms. The van der Waals surface area contributed by atoms with Gasteiger partial charge in [0.15, 0.2) is 0 Å². The summed E-state index contributed by atoms with van der Waals surface area (Å²) in [5, 5.41) is 0.807. The van der Waals surface area contributed by atoms with Gasteiger partial charge in [-0.05, 0) is 24.8 Å². The lowest BCUT2D eigenvalue weighted by atomic mass is 10.0. The second-order valence-electron chi connectivity index (χ2n) is 5.67. The molecule has 0 saturated carbocycles. The van der Waals surface area contributed by atoms with Crippen LogP contribution in [0.25, 0.3) is 10.1 Å². The lowest BCUT2D eigenvalue weighted by Gasteiger charge is -2.30. The monoisotopic (exact) mass is 324 g/mol. The van der Waals surface area contributed by atoms with E-state index in [9.17, 15) is 8.42 Å². The molecule has 0 spiro atoms. The van der Waals surface area contributed by atoms with Crippen LogP contribution in [-0.4, -0.2) is 25.8 Å². The Hall–Kier alpha value is -0.950. The minimum absolute atomic E-state index is 0.261. The fraction of sp³-hybridized carbons (Fsp3) is 0.467.